The first-order valence-electron chi connectivity index (χ1n) is 6.43. The molecule has 1 aromatic heterocycles. The van der Waals surface area contributed by atoms with E-state index in [0.717, 1.165) is 0 Å². The zero-order chi connectivity index (χ0) is 14.7. The highest BCUT2D eigenvalue weighted by atomic mass is 16.3. The molecule has 2 aliphatic carbocycles. The quantitative estimate of drug-likeness (QED) is 0.381. The zero-order valence-corrected chi connectivity index (χ0v) is 10.6. The molecule has 1 aromatic rings. The lowest BCUT2D eigenvalue weighted by Gasteiger charge is -2.19. The molecule has 6 atom stereocenters. The van der Waals surface area contributed by atoms with Crippen molar-refractivity contribution in [3.05, 3.63) is 28.4 Å². The van der Waals surface area contributed by atoms with Gasteiger partial charge in [-0.15, -0.1) is 0 Å². The van der Waals surface area contributed by atoms with E-state index in [1.807, 2.05) is 0 Å². The summed E-state index contributed by atoms with van der Waals surface area (Å²) < 4.78 is 1.21. The van der Waals surface area contributed by atoms with Gasteiger partial charge >= 0.3 is 0 Å². The molecule has 0 radical (unpaired) electrons. The van der Waals surface area contributed by atoms with Crippen LogP contribution in [0.4, 0.5) is 0 Å². The third-order valence-electron chi connectivity index (χ3n) is 4.50. The molecule has 0 saturated heterocycles. The average molecular weight is 283 g/mol. The number of rotatable bonds is 2. The molecule has 3 rings (SSSR count). The Hall–Kier alpha value is -1.32. The molecule has 6 N–H and O–H groups in total. The Morgan fingerprint density at radius 2 is 2.05 bits per heavy atom. The number of hydrogen-bond donors (Lipinski definition) is 5. The van der Waals surface area contributed by atoms with Crippen molar-refractivity contribution in [1.82, 2.24) is 9.55 Å². The summed E-state index contributed by atoms with van der Waals surface area (Å²) in [7, 11) is 0. The monoisotopic (exact) mass is 283 g/mol. The molecule has 0 bridgehead atoms. The fourth-order valence-electron chi connectivity index (χ4n) is 3.19. The molecular weight excluding hydrogens is 266 g/mol. The van der Waals surface area contributed by atoms with Gasteiger partial charge in [-0.3, -0.25) is 4.79 Å². The summed E-state index contributed by atoms with van der Waals surface area (Å²) in [6, 6.07) is -0.671. The van der Waals surface area contributed by atoms with Gasteiger partial charge in [0.1, 0.15) is 11.8 Å². The lowest BCUT2D eigenvalue weighted by Crippen LogP contribution is -2.37. The summed E-state index contributed by atoms with van der Waals surface area (Å²) in [6.45, 7) is 0. The first kappa shape index (κ1) is 13.7. The first-order chi connectivity index (χ1) is 9.38. The van der Waals surface area contributed by atoms with E-state index >= 15 is 0 Å². The van der Waals surface area contributed by atoms with E-state index in [2.05, 4.69) is 4.98 Å². The van der Waals surface area contributed by atoms with Crippen molar-refractivity contribution in [2.45, 2.75) is 43.4 Å². The minimum atomic E-state index is -1.50. The van der Waals surface area contributed by atoms with Crippen molar-refractivity contribution in [2.75, 3.05) is 0 Å². The van der Waals surface area contributed by atoms with Gasteiger partial charge in [0, 0.05) is 17.8 Å². The molecule has 1 heterocycles. The molecular formula is C12H17N3O5. The van der Waals surface area contributed by atoms with Gasteiger partial charge in [0.2, 0.25) is 0 Å². The van der Waals surface area contributed by atoms with Gasteiger partial charge in [-0.05, 0) is 12.8 Å². The molecule has 0 aliphatic heterocycles. The van der Waals surface area contributed by atoms with Crippen molar-refractivity contribution < 1.29 is 20.4 Å². The molecule has 0 aromatic carbocycles. The lowest BCUT2D eigenvalue weighted by molar-refractivity contribution is -0.00961. The minimum Gasteiger partial charge on any atom is -0.392 e. The number of nitrogens with two attached hydrogens (primary N) is 1. The predicted octanol–water partition coefficient (Wildman–Crippen LogP) is -2.39. The fourth-order valence-corrected chi connectivity index (χ4v) is 3.19. The SMILES string of the molecule is NC(O)c1nccn([C@@H]2CC3(CC3O)[C@@H](O)[C@H]2O)c1=O. The third-order valence-corrected chi connectivity index (χ3v) is 4.50. The summed E-state index contributed by atoms with van der Waals surface area (Å²) >= 11 is 0. The smallest absolute Gasteiger partial charge is 0.276 e. The van der Waals surface area contributed by atoms with Crippen molar-refractivity contribution in [3.8, 4) is 0 Å². The minimum absolute atomic E-state index is 0.216. The second kappa shape index (κ2) is 4.34. The Kier molecular flexibility index (Phi) is 2.96. The van der Waals surface area contributed by atoms with Crippen molar-refractivity contribution in [1.29, 1.82) is 0 Å². The van der Waals surface area contributed by atoms with Crippen LogP contribution in [0.5, 0.6) is 0 Å². The van der Waals surface area contributed by atoms with Crippen LogP contribution in [0, 0.1) is 5.41 Å². The van der Waals surface area contributed by atoms with E-state index in [1.54, 1.807) is 0 Å². The van der Waals surface area contributed by atoms with E-state index in [0.29, 0.717) is 12.8 Å². The number of hydrogen-bond acceptors (Lipinski definition) is 7. The maximum absolute atomic E-state index is 12.2. The van der Waals surface area contributed by atoms with Crippen molar-refractivity contribution in [3.63, 3.8) is 0 Å². The van der Waals surface area contributed by atoms with Gasteiger partial charge in [0.15, 0.2) is 6.23 Å². The van der Waals surface area contributed by atoms with Gasteiger partial charge in [-0.25, -0.2) is 4.98 Å². The van der Waals surface area contributed by atoms with Crippen LogP contribution in [0.25, 0.3) is 0 Å². The maximum atomic E-state index is 12.2. The van der Waals surface area contributed by atoms with Gasteiger partial charge in [-0.1, -0.05) is 0 Å². The summed E-state index contributed by atoms with van der Waals surface area (Å²) in [5.74, 6) is 0. The Bertz CT molecular complexity index is 589. The predicted molar refractivity (Wildman–Crippen MR) is 66.4 cm³/mol. The van der Waals surface area contributed by atoms with Gasteiger partial charge < -0.3 is 30.7 Å². The maximum Gasteiger partial charge on any atom is 0.276 e. The Labute approximate surface area is 114 Å². The molecule has 0 amide bonds. The van der Waals surface area contributed by atoms with Crippen LogP contribution in [-0.2, 0) is 0 Å². The van der Waals surface area contributed by atoms with Crippen LogP contribution < -0.4 is 11.3 Å². The number of aliphatic hydroxyl groups excluding tert-OH is 4. The Balaban J connectivity index is 1.99. The van der Waals surface area contributed by atoms with Crippen LogP contribution in [-0.4, -0.2) is 48.3 Å². The van der Waals surface area contributed by atoms with Crippen molar-refractivity contribution in [2.24, 2.45) is 11.1 Å². The molecule has 3 unspecified atom stereocenters. The second-order valence-electron chi connectivity index (χ2n) is 5.63. The zero-order valence-electron chi connectivity index (χ0n) is 10.6. The van der Waals surface area contributed by atoms with Crippen LogP contribution in [0.3, 0.4) is 0 Å². The van der Waals surface area contributed by atoms with E-state index in [1.165, 1.54) is 17.0 Å². The molecule has 2 aliphatic rings. The summed E-state index contributed by atoms with van der Waals surface area (Å²) in [4.78, 5) is 15.9. The lowest BCUT2D eigenvalue weighted by atomic mass is 10.0. The summed E-state index contributed by atoms with van der Waals surface area (Å²) in [5, 5.41) is 39.1. The van der Waals surface area contributed by atoms with Crippen molar-refractivity contribution >= 4 is 0 Å². The highest BCUT2D eigenvalue weighted by molar-refractivity contribution is 5.18. The topological polar surface area (TPSA) is 142 Å². The van der Waals surface area contributed by atoms with Gasteiger partial charge in [0.05, 0.1) is 18.2 Å². The molecule has 2 saturated carbocycles. The highest BCUT2D eigenvalue weighted by Crippen LogP contribution is 2.60. The van der Waals surface area contributed by atoms with Crippen LogP contribution >= 0.6 is 0 Å². The van der Waals surface area contributed by atoms with E-state index < -0.39 is 41.6 Å². The molecule has 8 nitrogen and oxygen atoms in total. The highest BCUT2D eigenvalue weighted by Gasteiger charge is 2.66. The second-order valence-corrected chi connectivity index (χ2v) is 5.63. The summed E-state index contributed by atoms with van der Waals surface area (Å²) in [6.07, 6.45) is -1.01. The molecule has 8 heteroatoms. The van der Waals surface area contributed by atoms with E-state index in [4.69, 9.17) is 5.73 Å². The standard InChI is InChI=1S/C12H17N3O5/c13-10(19)7-11(20)15(2-1-14-7)5-3-12(4-6(12)16)9(18)8(5)17/h1-2,5-6,8-10,16-19H,3-4,13H2/t5-,6?,8+,9+,10?,12?/m1/s1. The normalized spacial score (nSPS) is 41.0. The fraction of sp³-hybridized carbons (Fsp3) is 0.667. The van der Waals surface area contributed by atoms with Crippen LogP contribution in [0.15, 0.2) is 17.2 Å². The van der Waals surface area contributed by atoms with Crippen LogP contribution in [0.2, 0.25) is 0 Å². The van der Waals surface area contributed by atoms with Crippen LogP contribution in [0.1, 0.15) is 30.8 Å². The van der Waals surface area contributed by atoms with Gasteiger partial charge in [-0.2, -0.15) is 0 Å². The molecule has 1 spiro atoms. The van der Waals surface area contributed by atoms with E-state index in [9.17, 15) is 25.2 Å². The number of nitrogens with zero attached hydrogens (tertiary/aromatic N) is 2. The van der Waals surface area contributed by atoms with E-state index in [-0.39, 0.29) is 5.69 Å². The van der Waals surface area contributed by atoms with Gasteiger partial charge in [0.25, 0.3) is 5.56 Å². The summed E-state index contributed by atoms with van der Waals surface area (Å²) in [5.41, 5.74) is 3.71. The Morgan fingerprint density at radius 1 is 1.40 bits per heavy atom. The third kappa shape index (κ3) is 1.73. The number of aliphatic hydroxyl groups is 4. The molecule has 110 valence electrons. The Morgan fingerprint density at radius 3 is 2.55 bits per heavy atom. The average Bonchev–Trinajstić information content (AvgIpc) is 2.99. The first-order valence-corrected chi connectivity index (χ1v) is 6.43. The number of aromatic nitrogens is 2. The molecule has 20 heavy (non-hydrogen) atoms. The molecule has 2 fully saturated rings. The largest absolute Gasteiger partial charge is 0.392 e.